The minimum Gasteiger partial charge on any atom is -0.481 e. The van der Waals surface area contributed by atoms with Crippen molar-refractivity contribution < 1.29 is 13.9 Å². The van der Waals surface area contributed by atoms with Crippen LogP contribution in [0.3, 0.4) is 0 Å². The number of hydrogen-bond acceptors (Lipinski definition) is 2. The fraction of sp³-hybridized carbons (Fsp3) is 0.188. The van der Waals surface area contributed by atoms with Gasteiger partial charge in [-0.3, -0.25) is 4.79 Å². The lowest BCUT2D eigenvalue weighted by Crippen LogP contribution is -2.24. The van der Waals surface area contributed by atoms with Gasteiger partial charge in [0.2, 0.25) is 5.78 Å². The maximum atomic E-state index is 12.8. The van der Waals surface area contributed by atoms with Gasteiger partial charge in [-0.15, -0.1) is 0 Å². The Hall–Kier alpha value is -1.87. The molecule has 0 saturated heterocycles. The minimum atomic E-state index is -0.695. The number of Topliss-reactive ketones (excluding diaryl/α,β-unsaturated/α-hetero) is 1. The van der Waals surface area contributed by atoms with Crippen molar-refractivity contribution in [2.45, 2.75) is 20.0 Å². The van der Waals surface area contributed by atoms with Crippen molar-refractivity contribution in [3.05, 3.63) is 64.4 Å². The molecule has 0 fully saturated rings. The smallest absolute Gasteiger partial charge is 0.202 e. The van der Waals surface area contributed by atoms with Crippen LogP contribution in [0.15, 0.2) is 42.5 Å². The third kappa shape index (κ3) is 3.36. The lowest BCUT2D eigenvalue weighted by molar-refractivity contribution is 0.0818. The number of aryl methyl sites for hydroxylation is 1. The lowest BCUT2D eigenvalue weighted by atomic mass is 10.1. The van der Waals surface area contributed by atoms with Gasteiger partial charge in [-0.2, -0.15) is 0 Å². The second-order valence-corrected chi connectivity index (χ2v) is 4.97. The van der Waals surface area contributed by atoms with Gasteiger partial charge in [0.1, 0.15) is 11.6 Å². The van der Waals surface area contributed by atoms with Crippen molar-refractivity contribution in [2.75, 3.05) is 0 Å². The predicted octanol–water partition coefficient (Wildman–Crippen LogP) is 4.44. The Morgan fingerprint density at radius 1 is 1.20 bits per heavy atom. The summed E-state index contributed by atoms with van der Waals surface area (Å²) in [5.41, 5.74) is 1.40. The molecule has 2 aromatic carbocycles. The second-order valence-electron chi connectivity index (χ2n) is 4.57. The van der Waals surface area contributed by atoms with Gasteiger partial charge in [-0.05, 0) is 55.8 Å². The van der Waals surface area contributed by atoms with Crippen LogP contribution < -0.4 is 4.74 Å². The quantitative estimate of drug-likeness (QED) is 0.779. The molecule has 1 atom stereocenters. The van der Waals surface area contributed by atoms with Crippen molar-refractivity contribution in [2.24, 2.45) is 0 Å². The number of ketones is 1. The Balaban J connectivity index is 2.15. The first-order valence-corrected chi connectivity index (χ1v) is 6.58. The van der Waals surface area contributed by atoms with E-state index in [0.717, 1.165) is 5.56 Å². The molecule has 0 amide bonds. The van der Waals surface area contributed by atoms with E-state index >= 15 is 0 Å². The molecule has 0 aromatic heterocycles. The van der Waals surface area contributed by atoms with Crippen LogP contribution in [-0.4, -0.2) is 11.9 Å². The van der Waals surface area contributed by atoms with Crippen molar-refractivity contribution in [1.29, 1.82) is 0 Å². The average molecular weight is 293 g/mol. The highest BCUT2D eigenvalue weighted by molar-refractivity contribution is 6.32. The van der Waals surface area contributed by atoms with Crippen LogP contribution in [0, 0.1) is 12.7 Å². The van der Waals surface area contributed by atoms with Crippen molar-refractivity contribution in [3.8, 4) is 5.75 Å². The SMILES string of the molecule is Cc1ccc(Cl)c(OC(C)C(=O)c2ccc(F)cc2)c1. The van der Waals surface area contributed by atoms with Crippen LogP contribution in [0.2, 0.25) is 5.02 Å². The van der Waals surface area contributed by atoms with Crippen LogP contribution in [0.4, 0.5) is 4.39 Å². The highest BCUT2D eigenvalue weighted by atomic mass is 35.5. The molecule has 0 radical (unpaired) electrons. The van der Waals surface area contributed by atoms with E-state index < -0.39 is 6.10 Å². The number of halogens is 2. The Bertz CT molecular complexity index is 623. The molecule has 104 valence electrons. The Morgan fingerprint density at radius 2 is 1.85 bits per heavy atom. The highest BCUT2D eigenvalue weighted by Crippen LogP contribution is 2.26. The fourth-order valence-electron chi connectivity index (χ4n) is 1.79. The van der Waals surface area contributed by atoms with Crippen LogP contribution in [0.25, 0.3) is 0 Å². The molecule has 2 aromatic rings. The maximum absolute atomic E-state index is 12.8. The van der Waals surface area contributed by atoms with Crippen molar-refractivity contribution in [3.63, 3.8) is 0 Å². The Labute approximate surface area is 122 Å². The summed E-state index contributed by atoms with van der Waals surface area (Å²) >= 11 is 6.03. The summed E-state index contributed by atoms with van der Waals surface area (Å²) in [4.78, 5) is 12.2. The first-order chi connectivity index (χ1) is 9.47. The van der Waals surface area contributed by atoms with Gasteiger partial charge in [0.15, 0.2) is 6.10 Å². The van der Waals surface area contributed by atoms with Crippen LogP contribution in [0.5, 0.6) is 5.75 Å². The third-order valence-electron chi connectivity index (χ3n) is 2.89. The van der Waals surface area contributed by atoms with Gasteiger partial charge < -0.3 is 4.74 Å². The topological polar surface area (TPSA) is 26.3 Å². The molecular weight excluding hydrogens is 279 g/mol. The largest absolute Gasteiger partial charge is 0.481 e. The summed E-state index contributed by atoms with van der Waals surface area (Å²) < 4.78 is 18.4. The van der Waals surface area contributed by atoms with Crippen LogP contribution >= 0.6 is 11.6 Å². The van der Waals surface area contributed by atoms with E-state index in [-0.39, 0.29) is 11.6 Å². The monoisotopic (exact) mass is 292 g/mol. The van der Waals surface area contributed by atoms with Gasteiger partial charge in [-0.25, -0.2) is 4.39 Å². The molecule has 0 aliphatic carbocycles. The number of hydrogen-bond donors (Lipinski definition) is 0. The summed E-state index contributed by atoms with van der Waals surface area (Å²) in [7, 11) is 0. The van der Waals surface area contributed by atoms with Crippen molar-refractivity contribution in [1.82, 2.24) is 0 Å². The van der Waals surface area contributed by atoms with E-state index in [4.69, 9.17) is 16.3 Å². The first-order valence-electron chi connectivity index (χ1n) is 6.20. The van der Waals surface area contributed by atoms with E-state index in [0.29, 0.717) is 16.3 Å². The van der Waals surface area contributed by atoms with E-state index in [1.54, 1.807) is 19.1 Å². The molecule has 0 N–H and O–H groups in total. The molecule has 0 spiro atoms. The van der Waals surface area contributed by atoms with Crippen LogP contribution in [-0.2, 0) is 0 Å². The van der Waals surface area contributed by atoms with E-state index in [1.165, 1.54) is 24.3 Å². The van der Waals surface area contributed by atoms with Gasteiger partial charge in [0.05, 0.1) is 5.02 Å². The third-order valence-corrected chi connectivity index (χ3v) is 3.20. The van der Waals surface area contributed by atoms with Gasteiger partial charge in [0.25, 0.3) is 0 Å². The van der Waals surface area contributed by atoms with Crippen molar-refractivity contribution >= 4 is 17.4 Å². The predicted molar refractivity (Wildman–Crippen MR) is 77.0 cm³/mol. The number of carbonyl (C=O) groups excluding carboxylic acids is 1. The summed E-state index contributed by atoms with van der Waals surface area (Å²) in [6, 6.07) is 10.7. The number of benzene rings is 2. The molecule has 2 nitrogen and oxygen atoms in total. The van der Waals surface area contributed by atoms with Gasteiger partial charge >= 0.3 is 0 Å². The van der Waals surface area contributed by atoms with Gasteiger partial charge in [0, 0.05) is 5.56 Å². The normalized spacial score (nSPS) is 12.0. The summed E-state index contributed by atoms with van der Waals surface area (Å²) in [6.07, 6.45) is -0.695. The minimum absolute atomic E-state index is 0.220. The zero-order valence-corrected chi connectivity index (χ0v) is 11.9. The highest BCUT2D eigenvalue weighted by Gasteiger charge is 2.18. The van der Waals surface area contributed by atoms with E-state index in [1.807, 2.05) is 13.0 Å². The summed E-state index contributed by atoms with van der Waals surface area (Å²) in [5, 5.41) is 0.453. The first kappa shape index (κ1) is 14.5. The molecule has 0 heterocycles. The molecule has 0 aliphatic heterocycles. The summed E-state index contributed by atoms with van der Waals surface area (Å²) in [6.45, 7) is 3.56. The van der Waals surface area contributed by atoms with Crippen LogP contribution in [0.1, 0.15) is 22.8 Å². The second kappa shape index (κ2) is 6.06. The maximum Gasteiger partial charge on any atom is 0.202 e. The molecule has 4 heteroatoms. The van der Waals surface area contributed by atoms with E-state index in [9.17, 15) is 9.18 Å². The molecule has 2 rings (SSSR count). The molecule has 1 unspecified atom stereocenters. The summed E-state index contributed by atoms with van der Waals surface area (Å²) in [5.74, 6) is -0.131. The zero-order chi connectivity index (χ0) is 14.7. The number of ether oxygens (including phenoxy) is 1. The molecule has 0 saturated carbocycles. The van der Waals surface area contributed by atoms with E-state index in [2.05, 4.69) is 0 Å². The molecular formula is C16H14ClFO2. The Kier molecular flexibility index (Phi) is 4.40. The average Bonchev–Trinajstić information content (AvgIpc) is 2.43. The number of carbonyl (C=O) groups is 1. The molecule has 0 bridgehead atoms. The number of rotatable bonds is 4. The Morgan fingerprint density at radius 3 is 2.50 bits per heavy atom. The standard InChI is InChI=1S/C16H14ClFO2/c1-10-3-8-14(17)15(9-10)20-11(2)16(19)12-4-6-13(18)7-5-12/h3-9,11H,1-2H3. The van der Waals surface area contributed by atoms with Gasteiger partial charge in [-0.1, -0.05) is 17.7 Å². The molecule has 0 aliphatic rings. The fourth-order valence-corrected chi connectivity index (χ4v) is 1.96. The molecule has 20 heavy (non-hydrogen) atoms. The zero-order valence-electron chi connectivity index (χ0n) is 11.2. The lowest BCUT2D eigenvalue weighted by Gasteiger charge is -2.15.